The van der Waals surface area contributed by atoms with Crippen molar-refractivity contribution in [3.05, 3.63) is 71.0 Å². The van der Waals surface area contributed by atoms with E-state index in [1.165, 1.54) is 30.6 Å². The molecule has 6 rings (SSSR count). The minimum absolute atomic E-state index is 0.0333. The Morgan fingerprint density at radius 1 is 1.04 bits per heavy atom. The molecular weight excluding hydrogens is 654 g/mol. The van der Waals surface area contributed by atoms with Crippen LogP contribution in [0, 0.1) is 17.2 Å². The molecule has 0 atom stereocenters. The molecule has 16 heteroatoms. The number of pyridine rings is 1. The van der Waals surface area contributed by atoms with Gasteiger partial charge < -0.3 is 19.9 Å². The smallest absolute Gasteiger partial charge is 0.406 e. The molecule has 4 aromatic rings. The lowest BCUT2D eigenvalue weighted by Gasteiger charge is -2.20. The lowest BCUT2D eigenvalue weighted by molar-refractivity contribution is -0.274. The summed E-state index contributed by atoms with van der Waals surface area (Å²) >= 11 is 0. The van der Waals surface area contributed by atoms with Gasteiger partial charge in [-0.05, 0) is 96.4 Å². The maximum Gasteiger partial charge on any atom is 0.573 e. The number of rotatable bonds is 12. The maximum absolute atomic E-state index is 14.4. The quantitative estimate of drug-likeness (QED) is 0.123. The average Bonchev–Trinajstić information content (AvgIpc) is 3.67. The van der Waals surface area contributed by atoms with Gasteiger partial charge in [0.15, 0.2) is 5.82 Å². The molecule has 1 saturated carbocycles. The predicted octanol–water partition coefficient (Wildman–Crippen LogP) is 6.84. The molecule has 0 unspecified atom stereocenters. The standard InChI is InChI=1S/C33H30F6N8O2/c1-46-18-43-45-30(46)23-7-6-22(49-33(37,38)39)14-24(23)21-12-28(42-9-3-2-8-40)44-29(13-21)47-17-26-25(31(47)48)10-20(11-27(26)32(34,35)36)16-41-15-19-4-5-19/h6-7,10-14,18-19,41H,2-5,9,15-17H2,1H3,(H,42,44). The van der Waals surface area contributed by atoms with Crippen molar-refractivity contribution in [1.82, 2.24) is 25.1 Å². The summed E-state index contributed by atoms with van der Waals surface area (Å²) < 4.78 is 88.6. The van der Waals surface area contributed by atoms with Crippen LogP contribution >= 0.6 is 0 Å². The van der Waals surface area contributed by atoms with Gasteiger partial charge in [-0.15, -0.1) is 23.4 Å². The minimum Gasteiger partial charge on any atom is -0.406 e. The Labute approximate surface area is 276 Å². The largest absolute Gasteiger partial charge is 0.573 e. The van der Waals surface area contributed by atoms with Gasteiger partial charge in [0.05, 0.1) is 18.2 Å². The van der Waals surface area contributed by atoms with Crippen molar-refractivity contribution in [3.8, 4) is 34.3 Å². The lowest BCUT2D eigenvalue weighted by atomic mass is 9.98. The number of benzene rings is 2. The van der Waals surface area contributed by atoms with Crippen LogP contribution in [0.5, 0.6) is 5.75 Å². The second kappa shape index (κ2) is 13.4. The molecule has 0 spiro atoms. The van der Waals surface area contributed by atoms with Gasteiger partial charge in [-0.3, -0.25) is 9.69 Å². The summed E-state index contributed by atoms with van der Waals surface area (Å²) in [5, 5.41) is 23.1. The second-order valence-electron chi connectivity index (χ2n) is 11.9. The monoisotopic (exact) mass is 684 g/mol. The average molecular weight is 685 g/mol. The van der Waals surface area contributed by atoms with E-state index in [4.69, 9.17) is 5.26 Å². The number of amides is 1. The van der Waals surface area contributed by atoms with Crippen molar-refractivity contribution in [2.75, 3.05) is 23.3 Å². The number of hydrogen-bond donors (Lipinski definition) is 2. The van der Waals surface area contributed by atoms with Crippen LogP contribution < -0.4 is 20.3 Å². The molecule has 1 aliphatic heterocycles. The summed E-state index contributed by atoms with van der Waals surface area (Å²) in [5.74, 6) is -0.275. The molecule has 1 amide bonds. The number of anilines is 2. The van der Waals surface area contributed by atoms with E-state index >= 15 is 0 Å². The van der Waals surface area contributed by atoms with Gasteiger partial charge >= 0.3 is 12.5 Å². The molecule has 0 radical (unpaired) electrons. The van der Waals surface area contributed by atoms with Crippen LogP contribution in [-0.2, 0) is 26.3 Å². The highest BCUT2D eigenvalue weighted by molar-refractivity contribution is 6.10. The van der Waals surface area contributed by atoms with E-state index in [1.807, 2.05) is 6.07 Å². The second-order valence-corrected chi connectivity index (χ2v) is 11.9. The third kappa shape index (κ3) is 7.78. The molecule has 1 aliphatic carbocycles. The summed E-state index contributed by atoms with van der Waals surface area (Å²) in [4.78, 5) is 19.5. The molecule has 2 aromatic heterocycles. The summed E-state index contributed by atoms with van der Waals surface area (Å²) in [6.07, 6.45) is -5.52. The zero-order valence-electron chi connectivity index (χ0n) is 26.1. The van der Waals surface area contributed by atoms with E-state index < -0.39 is 36.3 Å². The van der Waals surface area contributed by atoms with Crippen molar-refractivity contribution < 1.29 is 35.9 Å². The number of ether oxygens (including phenoxy) is 1. The molecule has 10 nitrogen and oxygen atoms in total. The predicted molar refractivity (Wildman–Crippen MR) is 166 cm³/mol. The van der Waals surface area contributed by atoms with E-state index in [1.54, 1.807) is 11.6 Å². The number of nitrogens with one attached hydrogen (secondary N) is 2. The van der Waals surface area contributed by atoms with E-state index in [9.17, 15) is 31.1 Å². The fraction of sp³-hybridized carbons (Fsp3) is 0.364. The Bertz CT molecular complexity index is 1910. The Balaban J connectivity index is 1.44. The van der Waals surface area contributed by atoms with Crippen LogP contribution in [0.1, 0.15) is 52.7 Å². The molecule has 256 valence electrons. The molecule has 0 bridgehead atoms. The highest BCUT2D eigenvalue weighted by Crippen LogP contribution is 2.42. The first-order chi connectivity index (χ1) is 23.3. The van der Waals surface area contributed by atoms with Gasteiger partial charge in [0, 0.05) is 37.7 Å². The highest BCUT2D eigenvalue weighted by atomic mass is 19.4. The number of aryl methyl sites for hydroxylation is 1. The van der Waals surface area contributed by atoms with Crippen molar-refractivity contribution in [1.29, 1.82) is 5.26 Å². The van der Waals surface area contributed by atoms with Gasteiger partial charge in [0.2, 0.25) is 0 Å². The van der Waals surface area contributed by atoms with Crippen molar-refractivity contribution in [2.24, 2.45) is 13.0 Å². The summed E-state index contributed by atoms with van der Waals surface area (Å²) in [6, 6.07) is 11.2. The van der Waals surface area contributed by atoms with Crippen LogP contribution in [0.4, 0.5) is 38.0 Å². The fourth-order valence-corrected chi connectivity index (χ4v) is 5.72. The number of halogens is 6. The molecule has 1 fully saturated rings. The number of unbranched alkanes of at least 4 members (excludes halogenated alkanes) is 1. The Morgan fingerprint density at radius 2 is 1.84 bits per heavy atom. The molecule has 49 heavy (non-hydrogen) atoms. The Kier molecular flexibility index (Phi) is 9.21. The van der Waals surface area contributed by atoms with E-state index in [0.29, 0.717) is 35.8 Å². The maximum atomic E-state index is 14.4. The number of nitrogens with zero attached hydrogens (tertiary/aromatic N) is 6. The van der Waals surface area contributed by atoms with Crippen molar-refractivity contribution in [3.63, 3.8) is 0 Å². The molecule has 2 aromatic carbocycles. The first-order valence-electron chi connectivity index (χ1n) is 15.4. The normalized spacial score (nSPS) is 14.6. The number of carbonyl (C=O) groups excluding carboxylic acids is 1. The summed E-state index contributed by atoms with van der Waals surface area (Å²) in [7, 11) is 1.65. The van der Waals surface area contributed by atoms with Gasteiger partial charge in [0.1, 0.15) is 23.7 Å². The number of hydrogen-bond acceptors (Lipinski definition) is 8. The number of nitriles is 1. The third-order valence-corrected chi connectivity index (χ3v) is 8.21. The number of alkyl halides is 6. The van der Waals surface area contributed by atoms with Crippen LogP contribution in [0.25, 0.3) is 22.5 Å². The van der Waals surface area contributed by atoms with Crippen LogP contribution in [0.2, 0.25) is 0 Å². The minimum atomic E-state index is -4.99. The zero-order valence-corrected chi connectivity index (χ0v) is 26.1. The fourth-order valence-electron chi connectivity index (χ4n) is 5.72. The lowest BCUT2D eigenvalue weighted by Crippen LogP contribution is -2.24. The molecule has 2 N–H and O–H groups in total. The molecule has 0 saturated heterocycles. The number of carbonyl (C=O) groups is 1. The molecule has 3 heterocycles. The number of fused-ring (bicyclic) bond motifs is 1. The van der Waals surface area contributed by atoms with E-state index in [2.05, 4.69) is 30.6 Å². The van der Waals surface area contributed by atoms with Crippen molar-refractivity contribution >= 4 is 17.5 Å². The number of aromatic nitrogens is 4. The Morgan fingerprint density at radius 3 is 2.51 bits per heavy atom. The summed E-state index contributed by atoms with van der Waals surface area (Å²) in [6.45, 7) is 0.674. The van der Waals surface area contributed by atoms with E-state index in [0.717, 1.165) is 35.9 Å². The zero-order chi connectivity index (χ0) is 34.9. The highest BCUT2D eigenvalue weighted by Gasteiger charge is 2.41. The Hall–Kier alpha value is -5.17. The summed E-state index contributed by atoms with van der Waals surface area (Å²) in [5.41, 5.74) is -0.0710. The third-order valence-electron chi connectivity index (χ3n) is 8.21. The van der Waals surface area contributed by atoms with Crippen LogP contribution in [-0.4, -0.2) is 45.1 Å². The van der Waals surface area contributed by atoms with Gasteiger partial charge in [-0.25, -0.2) is 4.98 Å². The first-order valence-corrected chi connectivity index (χ1v) is 15.4. The SMILES string of the molecule is Cn1cnnc1-c1ccc(OC(F)(F)F)cc1-c1cc(NCCCC#N)nc(N2Cc3c(cc(CNCC4CC4)cc3C(F)(F)F)C2=O)c1. The van der Waals surface area contributed by atoms with Gasteiger partial charge in [0.25, 0.3) is 5.91 Å². The van der Waals surface area contributed by atoms with Crippen molar-refractivity contribution in [2.45, 2.75) is 51.3 Å². The van der Waals surface area contributed by atoms with Gasteiger partial charge in [-0.1, -0.05) is 0 Å². The molecular formula is C33H30F6N8O2. The van der Waals surface area contributed by atoms with Gasteiger partial charge in [-0.2, -0.15) is 18.4 Å². The van der Waals surface area contributed by atoms with E-state index in [-0.39, 0.29) is 53.4 Å². The topological polar surface area (TPSA) is 121 Å². The first kappa shape index (κ1) is 33.7. The van der Waals surface area contributed by atoms with Crippen LogP contribution in [0.15, 0.2) is 48.8 Å². The molecule has 2 aliphatic rings. The van der Waals surface area contributed by atoms with Crippen LogP contribution in [0.3, 0.4) is 0 Å².